The number of hydrogen-bond donors (Lipinski definition) is 1. The zero-order chi connectivity index (χ0) is 44.7. The minimum Gasteiger partial charge on any atom is -0.497 e. The smallest absolute Gasteiger partial charge is 0.269 e. The van der Waals surface area contributed by atoms with E-state index < -0.39 is 9.85 Å². The fourth-order valence-corrected chi connectivity index (χ4v) is 6.66. The van der Waals surface area contributed by atoms with Crippen molar-refractivity contribution in [3.8, 4) is 11.5 Å². The maximum Gasteiger partial charge on any atom is 0.269 e. The molecule has 8 rings (SSSR count). The monoisotopic (exact) mass is 860 g/mol. The number of nitrogens with zero attached hydrogens (tertiary/aromatic N) is 3. The van der Waals surface area contributed by atoms with Crippen LogP contribution in [0.5, 0.6) is 11.5 Å². The Hall–Kier alpha value is -8.09. The average Bonchev–Trinajstić information content (AvgIpc) is 3.78. The maximum absolute atomic E-state index is 13.2. The molecule has 0 aliphatic carbocycles. The van der Waals surface area contributed by atoms with Crippen LogP contribution in [0.25, 0.3) is 23.3 Å². The van der Waals surface area contributed by atoms with Gasteiger partial charge in [0.15, 0.2) is 0 Å². The van der Waals surface area contributed by atoms with Crippen molar-refractivity contribution in [2.45, 2.75) is 12.4 Å². The third-order valence-corrected chi connectivity index (χ3v) is 10.1. The first kappa shape index (κ1) is 44.5. The van der Waals surface area contributed by atoms with Gasteiger partial charge in [-0.25, -0.2) is 0 Å². The number of non-ortho nitro benzene ring substituents is 2. The molecule has 2 aliphatic rings. The second kappa shape index (κ2) is 21.4. The van der Waals surface area contributed by atoms with E-state index in [2.05, 4.69) is 5.32 Å². The van der Waals surface area contributed by atoms with Gasteiger partial charge in [-0.3, -0.25) is 29.8 Å². The standard InChI is InChI=1S/C25H20N2O4.C17H12N2O3.C8H9ClO/c1-31-21-15-11-19(12-16-21)17-26-24-8-3-2-6-22(24)23(25(26)28)7-4-5-18-9-13-20(14-10-18)27(29)30;20-17-15(14-5-1-2-7-16(14)18-17)6-3-4-12-8-10-13(11-9-12)19(21)22;1-10-8-4-2-7(6-9)3-5-8/h2-16H,17H2,1H3;1-11H,(H,18,20);2-5H,6H2,1H3. The van der Waals surface area contributed by atoms with Crippen molar-refractivity contribution < 1.29 is 28.9 Å². The summed E-state index contributed by atoms with van der Waals surface area (Å²) in [5, 5.41) is 24.2. The first-order chi connectivity index (χ1) is 30.6. The van der Waals surface area contributed by atoms with Gasteiger partial charge >= 0.3 is 0 Å². The molecule has 0 fully saturated rings. The average molecular weight is 861 g/mol. The van der Waals surface area contributed by atoms with Crippen LogP contribution in [-0.2, 0) is 22.0 Å². The molecule has 0 saturated heterocycles. The van der Waals surface area contributed by atoms with Crippen LogP contribution in [0.15, 0.2) is 170 Å². The fourth-order valence-electron chi connectivity index (χ4n) is 6.48. The number of para-hydroxylation sites is 2. The number of anilines is 2. The van der Waals surface area contributed by atoms with E-state index in [0.717, 1.165) is 56.3 Å². The second-order valence-electron chi connectivity index (χ2n) is 13.8. The van der Waals surface area contributed by atoms with Crippen molar-refractivity contribution in [2.24, 2.45) is 0 Å². The van der Waals surface area contributed by atoms with Crippen LogP contribution in [0.2, 0.25) is 0 Å². The number of halogens is 1. The molecular weight excluding hydrogens is 820 g/mol. The molecule has 63 heavy (non-hydrogen) atoms. The largest absolute Gasteiger partial charge is 0.497 e. The number of fused-ring (bicyclic) bond motifs is 2. The molecule has 6 aromatic carbocycles. The third-order valence-electron chi connectivity index (χ3n) is 9.79. The van der Waals surface area contributed by atoms with Crippen molar-refractivity contribution in [1.82, 2.24) is 0 Å². The minimum absolute atomic E-state index is 0.0459. The molecular formula is C50H41ClN4O8. The predicted octanol–water partition coefficient (Wildman–Crippen LogP) is 11.3. The molecule has 2 aliphatic heterocycles. The summed E-state index contributed by atoms with van der Waals surface area (Å²) in [6, 6.07) is 43.1. The van der Waals surface area contributed by atoms with Crippen LogP contribution >= 0.6 is 11.6 Å². The lowest BCUT2D eigenvalue weighted by atomic mass is 10.1. The third kappa shape index (κ3) is 11.6. The first-order valence-corrected chi connectivity index (χ1v) is 20.0. The first-order valence-electron chi connectivity index (χ1n) is 19.5. The Labute approximate surface area is 369 Å². The van der Waals surface area contributed by atoms with Crippen LogP contribution in [0.3, 0.4) is 0 Å². The molecule has 0 spiro atoms. The van der Waals surface area contributed by atoms with Gasteiger partial charge in [-0.05, 0) is 95.1 Å². The summed E-state index contributed by atoms with van der Waals surface area (Å²) in [6.07, 6.45) is 10.7. The number of methoxy groups -OCH3 is 2. The molecule has 0 aromatic heterocycles. The summed E-state index contributed by atoms with van der Waals surface area (Å²) in [5.41, 5.74) is 8.52. The van der Waals surface area contributed by atoms with Gasteiger partial charge in [-0.2, -0.15) is 0 Å². The predicted molar refractivity (Wildman–Crippen MR) is 248 cm³/mol. The zero-order valence-corrected chi connectivity index (χ0v) is 35.0. The molecule has 316 valence electrons. The van der Waals surface area contributed by atoms with Crippen LogP contribution in [0.1, 0.15) is 33.4 Å². The number of carbonyl (C=O) groups excluding carboxylic acids is 2. The van der Waals surface area contributed by atoms with Crippen molar-refractivity contribution in [3.63, 3.8) is 0 Å². The topological polar surface area (TPSA) is 154 Å². The van der Waals surface area contributed by atoms with Gasteiger partial charge in [-0.15, -0.1) is 11.6 Å². The van der Waals surface area contributed by atoms with Gasteiger partial charge in [0.25, 0.3) is 23.2 Å². The van der Waals surface area contributed by atoms with E-state index in [4.69, 9.17) is 21.1 Å². The van der Waals surface area contributed by atoms with E-state index in [1.165, 1.54) is 24.3 Å². The molecule has 2 heterocycles. The Morgan fingerprint density at radius 2 is 1.08 bits per heavy atom. The van der Waals surface area contributed by atoms with E-state index in [1.807, 2.05) is 103 Å². The maximum atomic E-state index is 13.2. The van der Waals surface area contributed by atoms with E-state index in [1.54, 1.807) is 73.8 Å². The van der Waals surface area contributed by atoms with Gasteiger partial charge in [0, 0.05) is 58.1 Å². The Morgan fingerprint density at radius 3 is 1.59 bits per heavy atom. The van der Waals surface area contributed by atoms with Crippen LogP contribution in [0, 0.1) is 20.2 Å². The molecule has 6 aromatic rings. The molecule has 13 heteroatoms. The number of ether oxygens (including phenoxy) is 2. The van der Waals surface area contributed by atoms with E-state index in [0.29, 0.717) is 23.6 Å². The Morgan fingerprint density at radius 1 is 0.603 bits per heavy atom. The van der Waals surface area contributed by atoms with Gasteiger partial charge in [0.1, 0.15) is 11.5 Å². The van der Waals surface area contributed by atoms with E-state index in [9.17, 15) is 29.8 Å². The number of allylic oxidation sites excluding steroid dienone is 4. The number of amides is 2. The zero-order valence-electron chi connectivity index (χ0n) is 34.2. The minimum atomic E-state index is -0.435. The highest BCUT2D eigenvalue weighted by atomic mass is 35.5. The lowest BCUT2D eigenvalue weighted by Gasteiger charge is -2.17. The number of nitrogens with one attached hydrogen (secondary N) is 1. The Bertz CT molecular complexity index is 2690. The molecule has 0 atom stereocenters. The molecule has 0 unspecified atom stereocenters. The van der Waals surface area contributed by atoms with Crippen LogP contribution in [-0.4, -0.2) is 35.9 Å². The molecule has 2 amide bonds. The van der Waals surface area contributed by atoms with Crippen LogP contribution in [0.4, 0.5) is 22.7 Å². The Kier molecular flexibility index (Phi) is 15.1. The SMILES string of the molecule is COc1ccc(CCl)cc1.COc1ccc(CN2C(=O)C(=CC=Cc3ccc([N+](=O)[O-])cc3)c3ccccc32)cc1.O=C1Nc2ccccc2C1=CC=Cc1ccc([N+](=O)[O-])cc1. The molecule has 0 saturated carbocycles. The van der Waals surface area contributed by atoms with Gasteiger partial charge in [0.2, 0.25) is 0 Å². The fraction of sp³-hybridized carbons (Fsp3) is 0.0800. The van der Waals surface area contributed by atoms with Crippen molar-refractivity contribution in [1.29, 1.82) is 0 Å². The van der Waals surface area contributed by atoms with Gasteiger partial charge in [0.05, 0.1) is 36.3 Å². The van der Waals surface area contributed by atoms with Crippen molar-refractivity contribution >= 4 is 69.5 Å². The number of rotatable bonds is 11. The van der Waals surface area contributed by atoms with E-state index >= 15 is 0 Å². The summed E-state index contributed by atoms with van der Waals surface area (Å²) >= 11 is 5.58. The number of benzene rings is 6. The molecule has 1 N–H and O–H groups in total. The number of nitro groups is 2. The number of carbonyl (C=O) groups is 2. The Balaban J connectivity index is 0.000000178. The number of alkyl halides is 1. The molecule has 12 nitrogen and oxygen atoms in total. The summed E-state index contributed by atoms with van der Waals surface area (Å²) in [4.78, 5) is 47.3. The van der Waals surface area contributed by atoms with E-state index in [-0.39, 0.29) is 23.2 Å². The highest BCUT2D eigenvalue weighted by molar-refractivity contribution is 6.33. The van der Waals surface area contributed by atoms with Crippen LogP contribution < -0.4 is 19.7 Å². The molecule has 0 bridgehead atoms. The lowest BCUT2D eigenvalue weighted by molar-refractivity contribution is -0.385. The van der Waals surface area contributed by atoms with Crippen molar-refractivity contribution in [2.75, 3.05) is 24.4 Å². The number of hydrogen-bond acceptors (Lipinski definition) is 8. The summed E-state index contributed by atoms with van der Waals surface area (Å²) in [7, 11) is 3.27. The second-order valence-corrected chi connectivity index (χ2v) is 14.1. The highest BCUT2D eigenvalue weighted by Gasteiger charge is 2.31. The van der Waals surface area contributed by atoms with Gasteiger partial charge in [-0.1, -0.05) is 85.0 Å². The summed E-state index contributed by atoms with van der Waals surface area (Å²) < 4.78 is 10.2. The summed E-state index contributed by atoms with van der Waals surface area (Å²) in [5.74, 6) is 2.01. The highest BCUT2D eigenvalue weighted by Crippen LogP contribution is 2.38. The van der Waals surface area contributed by atoms with Crippen molar-refractivity contribution in [3.05, 3.63) is 224 Å². The molecule has 0 radical (unpaired) electrons. The quantitative estimate of drug-likeness (QED) is 0.0584. The normalized spacial score (nSPS) is 13.8. The summed E-state index contributed by atoms with van der Waals surface area (Å²) in [6.45, 7) is 0.462. The van der Waals surface area contributed by atoms with Gasteiger partial charge < -0.3 is 19.7 Å². The number of nitro benzene ring substituents is 2. The lowest BCUT2D eigenvalue weighted by Crippen LogP contribution is -2.25.